The van der Waals surface area contributed by atoms with Crippen LogP contribution >= 0.6 is 0 Å². The van der Waals surface area contributed by atoms with Gasteiger partial charge in [0.15, 0.2) is 5.78 Å². The van der Waals surface area contributed by atoms with Crippen molar-refractivity contribution in [1.82, 2.24) is 0 Å². The van der Waals surface area contributed by atoms with Crippen molar-refractivity contribution < 1.29 is 15.0 Å². The molecule has 0 amide bonds. The van der Waals surface area contributed by atoms with E-state index in [-0.39, 0.29) is 44.9 Å². The zero-order valence-corrected chi connectivity index (χ0v) is 22.2. The normalized spacial score (nSPS) is 53.0. The Morgan fingerprint density at radius 1 is 0.727 bits per heavy atom. The lowest BCUT2D eigenvalue weighted by atomic mass is 9.42. The van der Waals surface area contributed by atoms with Gasteiger partial charge in [0.1, 0.15) is 0 Å². The Bertz CT molecular complexity index is 870. The molecule has 0 heterocycles. The molecule has 0 aromatic rings. The van der Waals surface area contributed by atoms with Crippen molar-refractivity contribution in [2.45, 2.75) is 118 Å². The van der Waals surface area contributed by atoms with Crippen molar-refractivity contribution in [3.8, 4) is 0 Å². The molecule has 4 fully saturated rings. The van der Waals surface area contributed by atoms with Gasteiger partial charge in [0.2, 0.25) is 0 Å². The summed E-state index contributed by atoms with van der Waals surface area (Å²) >= 11 is 0. The van der Waals surface area contributed by atoms with Crippen LogP contribution in [0, 0.1) is 50.7 Å². The molecule has 0 radical (unpaired) electrons. The Morgan fingerprint density at radius 2 is 1.33 bits per heavy atom. The summed E-state index contributed by atoms with van der Waals surface area (Å²) in [5.74, 6) is 1.86. The third-order valence-corrected chi connectivity index (χ3v) is 12.6. The Hall–Kier alpha value is -0.670. The first-order chi connectivity index (χ1) is 15.2. The first-order valence-corrected chi connectivity index (χ1v) is 13.8. The van der Waals surface area contributed by atoms with Crippen LogP contribution in [0.5, 0.6) is 0 Å². The number of hydrogen-bond acceptors (Lipinski definition) is 3. The second kappa shape index (κ2) is 7.19. The highest BCUT2D eigenvalue weighted by Crippen LogP contribution is 2.70. The highest BCUT2D eigenvalue weighted by atomic mass is 16.3. The van der Waals surface area contributed by atoms with Crippen molar-refractivity contribution in [1.29, 1.82) is 0 Å². The molecule has 3 heteroatoms. The van der Waals surface area contributed by atoms with E-state index in [1.807, 2.05) is 6.08 Å². The van der Waals surface area contributed by atoms with Crippen LogP contribution in [-0.2, 0) is 4.79 Å². The highest BCUT2D eigenvalue weighted by molar-refractivity contribution is 5.95. The number of carbonyl (C=O) groups is 1. The third kappa shape index (κ3) is 3.09. The molecular weight excluding hydrogens is 408 g/mol. The van der Waals surface area contributed by atoms with Gasteiger partial charge in [-0.3, -0.25) is 4.79 Å². The van der Waals surface area contributed by atoms with E-state index in [4.69, 9.17) is 0 Å². The van der Waals surface area contributed by atoms with Gasteiger partial charge in [0.05, 0.1) is 12.2 Å². The lowest BCUT2D eigenvalue weighted by Gasteiger charge is -2.63. The number of aliphatic hydroxyl groups is 2. The number of allylic oxidation sites excluding steroid dienone is 2. The summed E-state index contributed by atoms with van der Waals surface area (Å²) in [6, 6.07) is 0. The fourth-order valence-electron chi connectivity index (χ4n) is 10.9. The van der Waals surface area contributed by atoms with Gasteiger partial charge in [-0.25, -0.2) is 0 Å². The minimum absolute atomic E-state index is 0.0246. The van der Waals surface area contributed by atoms with E-state index in [1.54, 1.807) is 0 Å². The summed E-state index contributed by atoms with van der Waals surface area (Å²) in [5, 5.41) is 21.7. The quantitative estimate of drug-likeness (QED) is 0.448. The third-order valence-electron chi connectivity index (χ3n) is 12.6. The van der Waals surface area contributed by atoms with Gasteiger partial charge in [-0.1, -0.05) is 54.0 Å². The molecule has 186 valence electrons. The average Bonchev–Trinajstić information content (AvgIpc) is 2.85. The number of hydrogen-bond donors (Lipinski definition) is 2. The molecule has 0 saturated heterocycles. The van der Waals surface area contributed by atoms with Gasteiger partial charge in [0.25, 0.3) is 0 Å². The lowest BCUT2D eigenvalue weighted by Crippen LogP contribution is -2.58. The van der Waals surface area contributed by atoms with Gasteiger partial charge in [-0.15, -0.1) is 0 Å². The Kier molecular flexibility index (Phi) is 5.24. The van der Waals surface area contributed by atoms with Crippen molar-refractivity contribution in [2.24, 2.45) is 50.7 Å². The van der Waals surface area contributed by atoms with Crippen molar-refractivity contribution in [3.05, 3.63) is 11.6 Å². The van der Waals surface area contributed by atoms with E-state index in [1.165, 1.54) is 31.3 Å². The maximum atomic E-state index is 13.6. The first kappa shape index (κ1) is 24.0. The molecule has 2 N–H and O–H groups in total. The van der Waals surface area contributed by atoms with Crippen LogP contribution in [0.2, 0.25) is 0 Å². The molecular formula is C30H48O3. The molecule has 4 unspecified atom stereocenters. The van der Waals surface area contributed by atoms with Crippen LogP contribution in [0.1, 0.15) is 106 Å². The molecule has 0 aromatic carbocycles. The van der Waals surface area contributed by atoms with Crippen LogP contribution in [0.4, 0.5) is 0 Å². The number of rotatable bonds is 0. The number of fused-ring (bicyclic) bond motifs is 6. The van der Waals surface area contributed by atoms with E-state index < -0.39 is 6.10 Å². The molecule has 3 nitrogen and oxygen atoms in total. The van der Waals surface area contributed by atoms with E-state index in [0.29, 0.717) is 17.8 Å². The van der Waals surface area contributed by atoms with Gasteiger partial charge >= 0.3 is 0 Å². The fraction of sp³-hybridized carbons (Fsp3) is 0.900. The Labute approximate surface area is 201 Å². The largest absolute Gasteiger partial charge is 0.393 e. The topological polar surface area (TPSA) is 57.5 Å². The zero-order valence-electron chi connectivity index (χ0n) is 22.2. The standard InChI is InChI=1S/C30H48O3/c1-26(2)21-10-13-28(5)17-18-16-20(31)25-27(3,4)24(33)11-14-29(25,6)19(18)8-9-22(28)30(21,7)15-12-23(26)32/h16,19,21-25,32-33H,8-15,17H2,1-7H3/t19-,21?,22?,23-,24?,25-,28-,29?,30-/m0/s1. The molecule has 4 saturated carbocycles. The van der Waals surface area contributed by atoms with Gasteiger partial charge < -0.3 is 10.2 Å². The van der Waals surface area contributed by atoms with E-state index in [0.717, 1.165) is 32.1 Å². The molecule has 9 atom stereocenters. The van der Waals surface area contributed by atoms with Crippen molar-refractivity contribution in [2.75, 3.05) is 0 Å². The smallest absolute Gasteiger partial charge is 0.159 e. The summed E-state index contributed by atoms with van der Waals surface area (Å²) in [6.45, 7) is 16.3. The van der Waals surface area contributed by atoms with Crippen LogP contribution in [0.3, 0.4) is 0 Å². The number of aliphatic hydroxyl groups excluding tert-OH is 2. The van der Waals surface area contributed by atoms with Crippen LogP contribution in [0.25, 0.3) is 0 Å². The van der Waals surface area contributed by atoms with Crippen molar-refractivity contribution >= 4 is 5.78 Å². The summed E-state index contributed by atoms with van der Waals surface area (Å²) in [7, 11) is 0. The van der Waals surface area contributed by atoms with E-state index >= 15 is 0 Å². The molecule has 0 aliphatic heterocycles. The zero-order chi connectivity index (χ0) is 24.2. The van der Waals surface area contributed by atoms with Crippen LogP contribution < -0.4 is 0 Å². The van der Waals surface area contributed by atoms with Crippen molar-refractivity contribution in [3.63, 3.8) is 0 Å². The van der Waals surface area contributed by atoms with Gasteiger partial charge in [0, 0.05) is 11.3 Å². The average molecular weight is 457 g/mol. The maximum Gasteiger partial charge on any atom is 0.159 e. The molecule has 0 bridgehead atoms. The lowest BCUT2D eigenvalue weighted by molar-refractivity contribution is -0.170. The predicted molar refractivity (Wildman–Crippen MR) is 132 cm³/mol. The monoisotopic (exact) mass is 456 g/mol. The molecule has 33 heavy (non-hydrogen) atoms. The first-order valence-electron chi connectivity index (χ1n) is 13.8. The molecule has 5 rings (SSSR count). The minimum atomic E-state index is -0.393. The van der Waals surface area contributed by atoms with Crippen LogP contribution in [0.15, 0.2) is 11.6 Å². The number of ketones is 1. The summed E-state index contributed by atoms with van der Waals surface area (Å²) in [4.78, 5) is 13.6. The molecule has 5 aliphatic carbocycles. The fourth-order valence-corrected chi connectivity index (χ4v) is 10.9. The Balaban J connectivity index is 1.54. The number of carbonyl (C=O) groups excluding carboxylic acids is 1. The second-order valence-electron chi connectivity index (χ2n) is 14.9. The molecule has 0 aromatic heterocycles. The molecule has 0 spiro atoms. The van der Waals surface area contributed by atoms with E-state index in [9.17, 15) is 15.0 Å². The van der Waals surface area contributed by atoms with Gasteiger partial charge in [-0.05, 0) is 103 Å². The SMILES string of the molecule is CC1(C)C2CC[C@@]3(C)CC4=CC(=O)[C@H]5C(C)(C)C(O)CCC5(C)[C@H]4CCC3[C@@]2(C)CC[C@@H]1O. The maximum absolute atomic E-state index is 13.6. The summed E-state index contributed by atoms with van der Waals surface area (Å²) in [5.41, 5.74) is 1.48. The minimum Gasteiger partial charge on any atom is -0.393 e. The predicted octanol–water partition coefficient (Wildman–Crippen LogP) is 6.32. The highest BCUT2D eigenvalue weighted by Gasteiger charge is 2.64. The second-order valence-corrected chi connectivity index (χ2v) is 14.9. The summed E-state index contributed by atoms with van der Waals surface area (Å²) < 4.78 is 0. The van der Waals surface area contributed by atoms with E-state index in [2.05, 4.69) is 48.5 Å². The van der Waals surface area contributed by atoms with Gasteiger partial charge in [-0.2, -0.15) is 0 Å². The summed E-state index contributed by atoms with van der Waals surface area (Å²) in [6.07, 6.45) is 11.1. The molecule has 5 aliphatic rings. The Morgan fingerprint density at radius 3 is 2.00 bits per heavy atom. The van der Waals surface area contributed by atoms with Crippen LogP contribution in [-0.4, -0.2) is 28.2 Å².